The molecule has 11 rings (SSSR count). The molecule has 4 aliphatic heterocycles. The van der Waals surface area contributed by atoms with Crippen molar-refractivity contribution in [2.45, 2.75) is 91.1 Å². The molecular weight excluding hydrogens is 887 g/mol. The van der Waals surface area contributed by atoms with Crippen LogP contribution in [-0.2, 0) is 44.8 Å². The van der Waals surface area contributed by atoms with Gasteiger partial charge in [-0.05, 0) is 105 Å². The monoisotopic (exact) mass is 951 g/mol. The number of carbonyl (C=O) groups is 3. The van der Waals surface area contributed by atoms with Crippen molar-refractivity contribution in [3.8, 4) is 11.1 Å². The highest BCUT2D eigenvalue weighted by Gasteiger charge is 2.39. The molecular formula is C52H61N13O5. The summed E-state index contributed by atoms with van der Waals surface area (Å²) in [6.45, 7) is 10.3. The van der Waals surface area contributed by atoms with Crippen molar-refractivity contribution in [3.05, 3.63) is 100.0 Å². The Balaban J connectivity index is 0.764. The van der Waals surface area contributed by atoms with Crippen LogP contribution in [-0.4, -0.2) is 114 Å². The van der Waals surface area contributed by atoms with Crippen LogP contribution < -0.4 is 35.8 Å². The van der Waals surface area contributed by atoms with Crippen LogP contribution in [0.1, 0.15) is 78.4 Å². The average molecular weight is 951 g/mol. The standard InChI is InChI=1S/C52H61N13O5/c1-31-21-35(12-15-61(31)36-7-9-42-39(24-36)48(57-59(42)6)65-16-13-46(67)56-51(65)70)60-17-18-62(32(2)28-60)37-8-10-45(54-27-37)55-41-22-34(29-58(5)49(41)68)38-11-14-53-47(40(38)30-66)64-20-19-63-43(50(64)69)23-33-25-52(3,4)26-44(33)63/h7-11,14,22-24,27,29,31-32,35,66H,12-13,15-21,25-26,28,30H2,1-6H3,(H,54,55)(H,56,67,70)/t31-,32-,35-/m0/s1/i5D3. The van der Waals surface area contributed by atoms with E-state index in [0.717, 1.165) is 74.1 Å². The lowest BCUT2D eigenvalue weighted by molar-refractivity contribution is -0.120. The zero-order valence-electron chi connectivity index (χ0n) is 43.3. The van der Waals surface area contributed by atoms with Gasteiger partial charge in [0.2, 0.25) is 5.91 Å². The first-order chi connectivity index (χ1) is 34.8. The minimum Gasteiger partial charge on any atom is -0.392 e. The number of nitrogens with one attached hydrogen (secondary N) is 2. The number of hydrogen-bond acceptors (Lipinski definition) is 12. The SMILES string of the molecule is [2H]C([2H])([2H])n1cc(-c2ccnc(N3CCn4c(cc5c4CC(C)(C)C5)C3=O)c2CO)cc(Nc2ccc(N3CCN([C@H]4CCN(c5ccc6c(c5)c(N5CCC(=O)NC5=O)nn6C)[C@@H](C)C4)C[C@@H]3C)cn2)c1=O. The topological polar surface area (TPSA) is 182 Å². The fraction of sp³-hybridized carbons (Fsp3) is 0.442. The Labute approximate surface area is 410 Å². The fourth-order valence-electron chi connectivity index (χ4n) is 11.8. The van der Waals surface area contributed by atoms with Crippen molar-refractivity contribution in [1.29, 1.82) is 0 Å². The molecule has 3 N–H and O–H groups in total. The van der Waals surface area contributed by atoms with Crippen molar-refractivity contribution in [2.24, 2.45) is 19.4 Å². The molecule has 1 aliphatic carbocycles. The molecule has 0 unspecified atom stereocenters. The van der Waals surface area contributed by atoms with Gasteiger partial charge in [-0.1, -0.05) is 13.8 Å². The zero-order chi connectivity index (χ0) is 51.2. The normalized spacial score (nSPS) is 22.5. The summed E-state index contributed by atoms with van der Waals surface area (Å²) in [5, 5.41) is 21.9. The Morgan fingerprint density at radius 2 is 1.71 bits per heavy atom. The van der Waals surface area contributed by atoms with E-state index in [0.29, 0.717) is 57.7 Å². The highest BCUT2D eigenvalue weighted by atomic mass is 16.3. The average Bonchev–Trinajstić information content (AvgIpc) is 3.98. The Kier molecular flexibility index (Phi) is 10.4. The van der Waals surface area contributed by atoms with Crippen LogP contribution in [0.4, 0.5) is 39.3 Å². The molecule has 1 aromatic carbocycles. The van der Waals surface area contributed by atoms with E-state index < -0.39 is 25.2 Å². The summed E-state index contributed by atoms with van der Waals surface area (Å²) >= 11 is 0. The van der Waals surface area contributed by atoms with E-state index >= 15 is 0 Å². The second kappa shape index (κ2) is 17.4. The number of rotatable bonds is 9. The molecule has 5 aromatic heterocycles. The first-order valence-corrected chi connectivity index (χ1v) is 24.3. The van der Waals surface area contributed by atoms with Gasteiger partial charge in [0.15, 0.2) is 5.82 Å². The van der Waals surface area contributed by atoms with Gasteiger partial charge >= 0.3 is 6.03 Å². The molecule has 0 radical (unpaired) electrons. The largest absolute Gasteiger partial charge is 0.392 e. The molecule has 364 valence electrons. The molecule has 6 aromatic rings. The van der Waals surface area contributed by atoms with Crippen LogP contribution in [0.3, 0.4) is 0 Å². The number of anilines is 6. The van der Waals surface area contributed by atoms with Crippen LogP contribution in [0, 0.1) is 5.41 Å². The van der Waals surface area contributed by atoms with E-state index in [1.807, 2.05) is 19.2 Å². The highest BCUT2D eigenvalue weighted by Crippen LogP contribution is 2.41. The van der Waals surface area contributed by atoms with Gasteiger partial charge in [-0.15, -0.1) is 0 Å². The maximum Gasteiger partial charge on any atom is 0.329 e. The molecule has 18 nitrogen and oxygen atoms in total. The lowest BCUT2D eigenvalue weighted by atomic mass is 9.90. The number of carbonyl (C=O) groups excluding carboxylic acids is 3. The molecule has 70 heavy (non-hydrogen) atoms. The number of piperazine rings is 1. The summed E-state index contributed by atoms with van der Waals surface area (Å²) in [5.74, 6) is 0.689. The highest BCUT2D eigenvalue weighted by molar-refractivity contribution is 6.09. The molecule has 0 bridgehead atoms. The second-order valence-electron chi connectivity index (χ2n) is 20.5. The first-order valence-electron chi connectivity index (χ1n) is 25.8. The van der Waals surface area contributed by atoms with E-state index in [1.54, 1.807) is 38.9 Å². The molecule has 9 heterocycles. The van der Waals surface area contributed by atoms with Gasteiger partial charge in [0.1, 0.15) is 23.0 Å². The Bertz CT molecular complexity index is 3260. The molecule has 0 saturated carbocycles. The fourth-order valence-corrected chi connectivity index (χ4v) is 11.8. The van der Waals surface area contributed by atoms with Crippen molar-refractivity contribution < 1.29 is 23.6 Å². The van der Waals surface area contributed by atoms with Gasteiger partial charge in [-0.2, -0.15) is 5.10 Å². The van der Waals surface area contributed by atoms with Crippen molar-refractivity contribution >= 4 is 63.3 Å². The maximum atomic E-state index is 14.1. The molecule has 0 spiro atoms. The Morgan fingerprint density at radius 1 is 0.886 bits per heavy atom. The second-order valence-corrected chi connectivity index (χ2v) is 20.5. The third-order valence-electron chi connectivity index (χ3n) is 15.2. The van der Waals surface area contributed by atoms with Gasteiger partial charge in [0.25, 0.3) is 11.5 Å². The lowest BCUT2D eigenvalue weighted by Crippen LogP contribution is -2.58. The smallest absolute Gasteiger partial charge is 0.329 e. The molecule has 3 fully saturated rings. The quantitative estimate of drug-likeness (QED) is 0.164. The van der Waals surface area contributed by atoms with E-state index in [9.17, 15) is 24.3 Å². The number of piperidine rings is 1. The van der Waals surface area contributed by atoms with Crippen LogP contribution in [0.2, 0.25) is 0 Å². The van der Waals surface area contributed by atoms with Crippen LogP contribution >= 0.6 is 0 Å². The van der Waals surface area contributed by atoms with Gasteiger partial charge < -0.3 is 29.4 Å². The predicted octanol–water partition coefficient (Wildman–Crippen LogP) is 5.57. The third kappa shape index (κ3) is 7.95. The van der Waals surface area contributed by atoms with E-state index in [1.165, 1.54) is 23.7 Å². The summed E-state index contributed by atoms with van der Waals surface area (Å²) in [6.07, 6.45) is 8.57. The number of aromatic nitrogens is 6. The minimum absolute atomic E-state index is 0.0182. The van der Waals surface area contributed by atoms with Crippen LogP contribution in [0.25, 0.3) is 22.0 Å². The van der Waals surface area contributed by atoms with Crippen molar-refractivity contribution in [2.75, 3.05) is 64.2 Å². The Morgan fingerprint density at radius 3 is 2.47 bits per heavy atom. The molecule has 3 saturated heterocycles. The first kappa shape index (κ1) is 41.9. The number of fused-ring (bicyclic) bond motifs is 4. The molecule has 3 atom stereocenters. The lowest BCUT2D eigenvalue weighted by Gasteiger charge is -2.48. The van der Waals surface area contributed by atoms with Gasteiger partial charge in [-0.3, -0.25) is 39.1 Å². The van der Waals surface area contributed by atoms with Crippen molar-refractivity contribution in [1.82, 2.24) is 39.1 Å². The van der Waals surface area contributed by atoms with Gasteiger partial charge in [0.05, 0.1) is 24.0 Å². The summed E-state index contributed by atoms with van der Waals surface area (Å²) in [7, 11) is 1.86. The number of pyridine rings is 3. The summed E-state index contributed by atoms with van der Waals surface area (Å²) in [6, 6.07) is 15.6. The summed E-state index contributed by atoms with van der Waals surface area (Å²) in [5.41, 5.74) is 6.35. The number of amides is 4. The summed E-state index contributed by atoms with van der Waals surface area (Å²) < 4.78 is 29.4. The van der Waals surface area contributed by atoms with Crippen LogP contribution in [0.5, 0.6) is 0 Å². The zero-order valence-corrected chi connectivity index (χ0v) is 40.3. The maximum absolute atomic E-state index is 14.1. The number of aliphatic hydroxyl groups is 1. The van der Waals surface area contributed by atoms with E-state index in [2.05, 4.69) is 85.9 Å². The summed E-state index contributed by atoms with van der Waals surface area (Å²) in [4.78, 5) is 72.3. The van der Waals surface area contributed by atoms with E-state index in [-0.39, 0.29) is 53.8 Å². The molecule has 5 aliphatic rings. The van der Waals surface area contributed by atoms with Gasteiger partial charge in [-0.25, -0.2) is 14.8 Å². The Hall–Kier alpha value is -7.05. The number of aliphatic hydroxyl groups excluding tert-OH is 1. The number of aryl methyl sites for hydroxylation is 2. The number of imide groups is 1. The number of hydrogen-bond donors (Lipinski definition) is 3. The molecule has 18 heteroatoms. The third-order valence-corrected chi connectivity index (χ3v) is 15.2. The predicted molar refractivity (Wildman–Crippen MR) is 270 cm³/mol. The number of nitrogens with zero attached hydrogens (tertiary/aromatic N) is 11. The minimum atomic E-state index is -2.83. The van der Waals surface area contributed by atoms with E-state index in [4.69, 9.17) is 9.10 Å². The van der Waals surface area contributed by atoms with Crippen molar-refractivity contribution in [3.63, 3.8) is 0 Å². The van der Waals surface area contributed by atoms with Gasteiger partial charge in [0, 0.05) is 129 Å². The molecule has 4 amide bonds. The number of urea groups is 1. The number of benzene rings is 1. The van der Waals surface area contributed by atoms with Crippen LogP contribution in [0.15, 0.2) is 71.9 Å².